The maximum absolute atomic E-state index is 12.8. The lowest BCUT2D eigenvalue weighted by atomic mass is 10.1. The number of ether oxygens (including phenoxy) is 3. The van der Waals surface area contributed by atoms with Crippen molar-refractivity contribution in [1.82, 2.24) is 0 Å². The number of hydrogen-bond acceptors (Lipinski definition) is 6. The minimum Gasteiger partial charge on any atom is -0.462 e. The summed E-state index contributed by atoms with van der Waals surface area (Å²) in [6.45, 7) is 6.56. The van der Waals surface area contributed by atoms with Crippen LogP contribution in [0.3, 0.4) is 0 Å². The Morgan fingerprint density at radius 2 is 0.583 bits per heavy atom. The highest BCUT2D eigenvalue weighted by Crippen LogP contribution is 2.15. The van der Waals surface area contributed by atoms with Crippen LogP contribution in [0.1, 0.15) is 271 Å². The maximum atomic E-state index is 12.8. The highest BCUT2D eigenvalue weighted by Gasteiger charge is 2.19. The monoisotopic (exact) mass is 843 g/mol. The molecule has 60 heavy (non-hydrogen) atoms. The molecule has 0 aliphatic carbocycles. The van der Waals surface area contributed by atoms with Crippen LogP contribution < -0.4 is 0 Å². The predicted molar refractivity (Wildman–Crippen MR) is 256 cm³/mol. The van der Waals surface area contributed by atoms with Crippen molar-refractivity contribution in [2.75, 3.05) is 13.2 Å². The zero-order valence-corrected chi connectivity index (χ0v) is 40.0. The van der Waals surface area contributed by atoms with E-state index in [-0.39, 0.29) is 31.1 Å². The maximum Gasteiger partial charge on any atom is 0.306 e. The van der Waals surface area contributed by atoms with E-state index in [1.54, 1.807) is 0 Å². The first kappa shape index (κ1) is 57.6. The summed E-state index contributed by atoms with van der Waals surface area (Å²) < 4.78 is 16.8. The average molecular weight is 843 g/mol. The van der Waals surface area contributed by atoms with Crippen molar-refractivity contribution in [3.8, 4) is 0 Å². The second-order valence-corrected chi connectivity index (χ2v) is 17.4. The number of hydrogen-bond donors (Lipinski definition) is 0. The smallest absolute Gasteiger partial charge is 0.306 e. The van der Waals surface area contributed by atoms with E-state index in [2.05, 4.69) is 57.2 Å². The minimum absolute atomic E-state index is 0.0778. The van der Waals surface area contributed by atoms with E-state index in [1.807, 2.05) is 0 Å². The van der Waals surface area contributed by atoms with E-state index < -0.39 is 6.10 Å². The van der Waals surface area contributed by atoms with Crippen molar-refractivity contribution in [2.45, 2.75) is 277 Å². The van der Waals surface area contributed by atoms with Crippen molar-refractivity contribution in [2.24, 2.45) is 0 Å². The van der Waals surface area contributed by atoms with Gasteiger partial charge in [-0.25, -0.2) is 0 Å². The van der Waals surface area contributed by atoms with Crippen LogP contribution in [0, 0.1) is 0 Å². The van der Waals surface area contributed by atoms with Crippen molar-refractivity contribution in [3.05, 3.63) is 36.5 Å². The molecular formula is C54H98O6. The van der Waals surface area contributed by atoms with Crippen LogP contribution in [-0.2, 0) is 28.6 Å². The highest BCUT2D eigenvalue weighted by molar-refractivity contribution is 5.71. The fourth-order valence-electron chi connectivity index (χ4n) is 7.38. The average Bonchev–Trinajstić information content (AvgIpc) is 3.24. The molecule has 350 valence electrons. The van der Waals surface area contributed by atoms with Gasteiger partial charge in [-0.05, 0) is 89.9 Å². The Labute approximate surface area is 372 Å². The Kier molecular flexibility index (Phi) is 47.3. The fraction of sp³-hybridized carbons (Fsp3) is 0.833. The van der Waals surface area contributed by atoms with Gasteiger partial charge in [-0.3, -0.25) is 14.4 Å². The molecule has 0 spiro atoms. The van der Waals surface area contributed by atoms with E-state index in [0.717, 1.165) is 83.5 Å². The van der Waals surface area contributed by atoms with Crippen LogP contribution in [0.4, 0.5) is 0 Å². The molecule has 0 aromatic carbocycles. The molecule has 0 fully saturated rings. The summed E-state index contributed by atoms with van der Waals surface area (Å²) in [5.41, 5.74) is 0. The Bertz CT molecular complexity index is 1020. The fourth-order valence-corrected chi connectivity index (χ4v) is 7.38. The topological polar surface area (TPSA) is 78.9 Å². The third-order valence-electron chi connectivity index (χ3n) is 11.3. The zero-order valence-electron chi connectivity index (χ0n) is 40.0. The number of allylic oxidation sites excluding steroid dienone is 6. The molecule has 0 saturated carbocycles. The van der Waals surface area contributed by atoms with Crippen molar-refractivity contribution >= 4 is 17.9 Å². The molecule has 0 heterocycles. The second-order valence-electron chi connectivity index (χ2n) is 17.4. The molecule has 0 amide bonds. The Balaban J connectivity index is 4.30. The molecule has 0 saturated heterocycles. The molecule has 0 aromatic rings. The van der Waals surface area contributed by atoms with Gasteiger partial charge in [0.2, 0.25) is 0 Å². The standard InChI is InChI=1S/C54H98O6/c1-4-7-10-13-16-19-22-24-25-26-27-28-29-31-32-35-38-41-44-47-53(56)59-50-51(49-58-52(55)46-43-40-37-34-21-18-15-12-9-6-3)60-54(57)48-45-42-39-36-33-30-23-20-17-14-11-8-5-2/h12,15,20,23-25,51H,4-11,13-14,16-19,21-22,26-50H2,1-3H3/b15-12-,23-20-,25-24-. The summed E-state index contributed by atoms with van der Waals surface area (Å²) in [7, 11) is 0. The van der Waals surface area contributed by atoms with Crippen LogP contribution in [0.5, 0.6) is 0 Å². The lowest BCUT2D eigenvalue weighted by molar-refractivity contribution is -0.167. The molecular weight excluding hydrogens is 745 g/mol. The van der Waals surface area contributed by atoms with E-state index in [4.69, 9.17) is 14.2 Å². The SMILES string of the molecule is CCC/C=C\CCCCCCCC(=O)OCC(COC(=O)CCCCCCCCCCC/C=C\CCCCCCCC)OC(=O)CCCCCCC/C=C\CCCCCC. The van der Waals surface area contributed by atoms with Crippen molar-refractivity contribution in [3.63, 3.8) is 0 Å². The van der Waals surface area contributed by atoms with Gasteiger partial charge in [-0.15, -0.1) is 0 Å². The first-order chi connectivity index (χ1) is 29.5. The van der Waals surface area contributed by atoms with Gasteiger partial charge in [0, 0.05) is 19.3 Å². The predicted octanol–water partition coefficient (Wildman–Crippen LogP) is 16.9. The zero-order chi connectivity index (χ0) is 43.7. The van der Waals surface area contributed by atoms with Gasteiger partial charge in [-0.1, -0.05) is 198 Å². The molecule has 0 aliphatic heterocycles. The summed E-state index contributed by atoms with van der Waals surface area (Å²) in [6.07, 6.45) is 57.0. The van der Waals surface area contributed by atoms with Gasteiger partial charge in [-0.2, -0.15) is 0 Å². The molecule has 0 radical (unpaired) electrons. The van der Waals surface area contributed by atoms with Crippen LogP contribution in [0.15, 0.2) is 36.5 Å². The van der Waals surface area contributed by atoms with E-state index >= 15 is 0 Å². The molecule has 6 nitrogen and oxygen atoms in total. The quantitative estimate of drug-likeness (QED) is 0.0263. The van der Waals surface area contributed by atoms with Crippen molar-refractivity contribution < 1.29 is 28.6 Å². The Morgan fingerprint density at radius 1 is 0.317 bits per heavy atom. The summed E-state index contributed by atoms with van der Waals surface area (Å²) in [5, 5.41) is 0. The van der Waals surface area contributed by atoms with Gasteiger partial charge < -0.3 is 14.2 Å². The minimum atomic E-state index is -0.777. The summed E-state index contributed by atoms with van der Waals surface area (Å²) in [4.78, 5) is 37.9. The summed E-state index contributed by atoms with van der Waals surface area (Å²) >= 11 is 0. The highest BCUT2D eigenvalue weighted by atomic mass is 16.6. The van der Waals surface area contributed by atoms with Crippen LogP contribution in [-0.4, -0.2) is 37.2 Å². The van der Waals surface area contributed by atoms with Crippen LogP contribution in [0.2, 0.25) is 0 Å². The summed E-state index contributed by atoms with van der Waals surface area (Å²) in [6, 6.07) is 0. The van der Waals surface area contributed by atoms with Gasteiger partial charge in [0.15, 0.2) is 6.10 Å². The third-order valence-corrected chi connectivity index (χ3v) is 11.3. The number of unbranched alkanes of at least 4 members (excludes halogenated alkanes) is 30. The molecule has 0 N–H and O–H groups in total. The lowest BCUT2D eigenvalue weighted by Crippen LogP contribution is -2.30. The van der Waals surface area contributed by atoms with E-state index in [0.29, 0.717) is 19.3 Å². The Morgan fingerprint density at radius 3 is 0.917 bits per heavy atom. The molecule has 1 atom stereocenters. The van der Waals surface area contributed by atoms with E-state index in [1.165, 1.54) is 148 Å². The second kappa shape index (κ2) is 49.3. The number of esters is 3. The molecule has 0 aliphatic rings. The molecule has 0 aromatic heterocycles. The first-order valence-corrected chi connectivity index (χ1v) is 26.0. The number of rotatable bonds is 47. The van der Waals surface area contributed by atoms with Gasteiger partial charge in [0.25, 0.3) is 0 Å². The first-order valence-electron chi connectivity index (χ1n) is 26.0. The number of carbonyl (C=O) groups excluding carboxylic acids is 3. The summed E-state index contributed by atoms with van der Waals surface area (Å²) in [5.74, 6) is -0.892. The van der Waals surface area contributed by atoms with Crippen LogP contribution >= 0.6 is 0 Å². The third kappa shape index (κ3) is 46.7. The van der Waals surface area contributed by atoms with Crippen LogP contribution in [0.25, 0.3) is 0 Å². The normalized spacial score (nSPS) is 12.2. The molecule has 0 bridgehead atoms. The Hall–Kier alpha value is -2.37. The van der Waals surface area contributed by atoms with Gasteiger partial charge in [0.05, 0.1) is 0 Å². The number of carbonyl (C=O) groups is 3. The van der Waals surface area contributed by atoms with Gasteiger partial charge >= 0.3 is 17.9 Å². The molecule has 0 rings (SSSR count). The van der Waals surface area contributed by atoms with E-state index in [9.17, 15) is 14.4 Å². The van der Waals surface area contributed by atoms with Gasteiger partial charge in [0.1, 0.15) is 13.2 Å². The lowest BCUT2D eigenvalue weighted by Gasteiger charge is -2.18. The molecule has 1 unspecified atom stereocenters. The molecule has 6 heteroatoms. The largest absolute Gasteiger partial charge is 0.462 e. The van der Waals surface area contributed by atoms with Crippen molar-refractivity contribution in [1.29, 1.82) is 0 Å².